The summed E-state index contributed by atoms with van der Waals surface area (Å²) in [6.07, 6.45) is 1.44. The molecule has 86 valence electrons. The number of hydrogen-bond acceptors (Lipinski definition) is 4. The van der Waals surface area contributed by atoms with Gasteiger partial charge in [-0.15, -0.1) is 0 Å². The molecule has 4 N–H and O–H groups in total. The van der Waals surface area contributed by atoms with Crippen LogP contribution in [0.5, 0.6) is 0 Å². The molecule has 0 amide bonds. The summed E-state index contributed by atoms with van der Waals surface area (Å²) in [6.45, 7) is 0.390. The number of carboxylic acid groups (broad SMARTS) is 2. The van der Waals surface area contributed by atoms with Gasteiger partial charge in [-0.1, -0.05) is 0 Å². The molecule has 6 nitrogen and oxygen atoms in total. The molecule has 8 heteroatoms. The van der Waals surface area contributed by atoms with Crippen LogP contribution in [0.25, 0.3) is 0 Å². The number of hydrogen-bond donors (Lipinski definition) is 4. The zero-order valence-electron chi connectivity index (χ0n) is 7.19. The van der Waals surface area contributed by atoms with E-state index in [1.54, 1.807) is 0 Å². The maximum Gasteiger partial charge on any atom is 0.401 e. The van der Waals surface area contributed by atoms with Gasteiger partial charge in [-0.2, -0.15) is 0 Å². The molecule has 0 radical (unpaired) electrons. The predicted molar refractivity (Wildman–Crippen MR) is 51.2 cm³/mol. The summed E-state index contributed by atoms with van der Waals surface area (Å²) in [7, 11) is 0. The van der Waals surface area contributed by atoms with E-state index in [2.05, 4.69) is 23.2 Å². The van der Waals surface area contributed by atoms with Crippen molar-refractivity contribution in [2.75, 3.05) is 13.2 Å². The van der Waals surface area contributed by atoms with Gasteiger partial charge < -0.3 is 20.4 Å². The molecule has 0 saturated carbocycles. The van der Waals surface area contributed by atoms with Crippen LogP contribution in [0.2, 0.25) is 0 Å². The fourth-order valence-corrected chi connectivity index (χ4v) is 0.224. The van der Waals surface area contributed by atoms with Gasteiger partial charge >= 0.3 is 10.9 Å². The minimum absolute atomic E-state index is 0.195. The molecule has 14 heavy (non-hydrogen) atoms. The number of rotatable bonds is 3. The number of aliphatic hydroxyl groups excluding tert-OH is 2. The quantitative estimate of drug-likeness (QED) is 0.447. The summed E-state index contributed by atoms with van der Waals surface area (Å²) < 4.78 is 0. The molecule has 0 aromatic heterocycles. The molecule has 0 aliphatic carbocycles. The topological polar surface area (TPSA) is 115 Å². The lowest BCUT2D eigenvalue weighted by Crippen LogP contribution is -1.85. The van der Waals surface area contributed by atoms with Crippen LogP contribution >= 0.6 is 23.2 Å². The van der Waals surface area contributed by atoms with E-state index < -0.39 is 10.9 Å². The highest BCUT2D eigenvalue weighted by molar-refractivity contribution is 6.60. The van der Waals surface area contributed by atoms with Gasteiger partial charge in [0, 0.05) is 36.4 Å². The summed E-state index contributed by atoms with van der Waals surface area (Å²) in [5, 5.41) is 30.5. The Bertz CT molecular complexity index is 116. The first-order chi connectivity index (χ1) is 6.38. The Balaban J connectivity index is -0.000000135. The van der Waals surface area contributed by atoms with Crippen LogP contribution < -0.4 is 0 Å². The second-order valence-electron chi connectivity index (χ2n) is 1.66. The monoisotopic (exact) mass is 250 g/mol. The average Bonchev–Trinajstić information content (AvgIpc) is 1.98. The van der Waals surface area contributed by atoms with Gasteiger partial charge in [-0.3, -0.25) is 0 Å². The summed E-state index contributed by atoms with van der Waals surface area (Å²) in [4.78, 5) is 17.5. The summed E-state index contributed by atoms with van der Waals surface area (Å²) in [6, 6.07) is 0. The maximum atomic E-state index is 8.77. The van der Waals surface area contributed by atoms with Gasteiger partial charge in [0.15, 0.2) is 0 Å². The highest BCUT2D eigenvalue weighted by Crippen LogP contribution is 1.80. The molecule has 0 aromatic rings. The number of unbranched alkanes of at least 4 members (excludes halogenated alkanes) is 1. The van der Waals surface area contributed by atoms with Crippen LogP contribution in [0.3, 0.4) is 0 Å². The van der Waals surface area contributed by atoms with E-state index >= 15 is 0 Å². The van der Waals surface area contributed by atoms with Gasteiger partial charge in [0.05, 0.1) is 0 Å². The second-order valence-corrected chi connectivity index (χ2v) is 2.31. The first-order valence-electron chi connectivity index (χ1n) is 3.37. The van der Waals surface area contributed by atoms with E-state index in [1.807, 2.05) is 0 Å². The van der Waals surface area contributed by atoms with E-state index in [1.165, 1.54) is 0 Å². The zero-order valence-corrected chi connectivity index (χ0v) is 8.70. The second kappa shape index (κ2) is 18.3. The number of halogens is 2. The first-order valence-corrected chi connectivity index (χ1v) is 4.12. The van der Waals surface area contributed by atoms with Crippen molar-refractivity contribution in [2.45, 2.75) is 12.8 Å². The van der Waals surface area contributed by atoms with Crippen molar-refractivity contribution in [1.29, 1.82) is 0 Å². The molecular formula is C6H12Cl2O6. The van der Waals surface area contributed by atoms with E-state index in [9.17, 15) is 0 Å². The van der Waals surface area contributed by atoms with Crippen molar-refractivity contribution in [3.8, 4) is 0 Å². The van der Waals surface area contributed by atoms with Gasteiger partial charge in [0.1, 0.15) is 0 Å². The lowest BCUT2D eigenvalue weighted by Gasteiger charge is -1.85. The highest BCUT2D eigenvalue weighted by Gasteiger charge is 1.77. The van der Waals surface area contributed by atoms with Crippen LogP contribution in [0.15, 0.2) is 0 Å². The largest absolute Gasteiger partial charge is 0.469 e. The molecule has 0 saturated heterocycles. The molecule has 0 aromatic carbocycles. The molecule has 0 atom stereocenters. The minimum Gasteiger partial charge on any atom is -0.469 e. The molecule has 0 rings (SSSR count). The lowest BCUT2D eigenvalue weighted by molar-refractivity contribution is 0.219. The third kappa shape index (κ3) is 209. The van der Waals surface area contributed by atoms with Crippen molar-refractivity contribution in [1.82, 2.24) is 0 Å². The highest BCUT2D eigenvalue weighted by atomic mass is 35.5. The van der Waals surface area contributed by atoms with Crippen molar-refractivity contribution in [3.63, 3.8) is 0 Å². The zero-order chi connectivity index (χ0) is 12.0. The normalized spacial score (nSPS) is 7.43. The lowest BCUT2D eigenvalue weighted by atomic mass is 10.3. The Morgan fingerprint density at radius 3 is 1.07 bits per heavy atom. The Kier molecular flexibility index (Phi) is 24.9. The molecule has 0 heterocycles. The Hall–Kier alpha value is -0.560. The average molecular weight is 251 g/mol. The Morgan fingerprint density at radius 2 is 1.00 bits per heavy atom. The third-order valence-electron chi connectivity index (χ3n) is 0.566. The summed E-state index contributed by atoms with van der Waals surface area (Å²) in [5.41, 5.74) is -2.72. The van der Waals surface area contributed by atoms with E-state index in [4.69, 9.17) is 30.0 Å². The summed E-state index contributed by atoms with van der Waals surface area (Å²) >= 11 is 8.38. The van der Waals surface area contributed by atoms with Gasteiger partial charge in [-0.25, -0.2) is 9.59 Å². The molecule has 0 aliphatic rings. The van der Waals surface area contributed by atoms with Crippen molar-refractivity contribution in [3.05, 3.63) is 0 Å². The van der Waals surface area contributed by atoms with Gasteiger partial charge in [0.2, 0.25) is 0 Å². The van der Waals surface area contributed by atoms with Gasteiger partial charge in [0.25, 0.3) is 0 Å². The van der Waals surface area contributed by atoms with Crippen LogP contribution in [0.1, 0.15) is 12.8 Å². The van der Waals surface area contributed by atoms with Crippen LogP contribution in [0, 0.1) is 0 Å². The summed E-state index contributed by atoms with van der Waals surface area (Å²) in [5.74, 6) is 0. The maximum absolute atomic E-state index is 8.77. The molecule has 0 bridgehead atoms. The van der Waals surface area contributed by atoms with Crippen molar-refractivity contribution in [2.24, 2.45) is 0 Å². The SMILES string of the molecule is O=C(O)Cl.O=C(O)Cl.OCCCCO. The number of carbonyl (C=O) groups is 2. The Labute approximate surface area is 90.7 Å². The van der Waals surface area contributed by atoms with Crippen LogP contribution in [-0.4, -0.2) is 44.5 Å². The third-order valence-corrected chi connectivity index (χ3v) is 0.566. The Morgan fingerprint density at radius 1 is 0.857 bits per heavy atom. The molecular weight excluding hydrogens is 239 g/mol. The molecule has 0 aliphatic heterocycles. The smallest absolute Gasteiger partial charge is 0.401 e. The number of aliphatic hydroxyl groups is 2. The standard InChI is InChI=1S/C4H10O2.2CHClO2/c5-3-1-2-4-6;2*2-1(3)4/h5-6H,1-4H2;2*(H,3,4). The van der Waals surface area contributed by atoms with Crippen molar-refractivity contribution < 1.29 is 30.0 Å². The molecule has 0 fully saturated rings. The van der Waals surface area contributed by atoms with E-state index in [0.717, 1.165) is 12.8 Å². The first kappa shape index (κ1) is 19.1. The van der Waals surface area contributed by atoms with E-state index in [0.29, 0.717) is 0 Å². The van der Waals surface area contributed by atoms with Crippen molar-refractivity contribution >= 4 is 34.1 Å². The van der Waals surface area contributed by atoms with Crippen LogP contribution in [0.4, 0.5) is 9.59 Å². The van der Waals surface area contributed by atoms with Crippen LogP contribution in [-0.2, 0) is 0 Å². The molecule has 0 unspecified atom stereocenters. The fraction of sp³-hybridized carbons (Fsp3) is 0.667. The van der Waals surface area contributed by atoms with E-state index in [-0.39, 0.29) is 13.2 Å². The molecule has 0 spiro atoms. The fourth-order valence-electron chi connectivity index (χ4n) is 0.224. The predicted octanol–water partition coefficient (Wildman–Crippen LogP) is 1.56. The minimum atomic E-state index is -1.36. The van der Waals surface area contributed by atoms with Gasteiger partial charge in [-0.05, 0) is 12.8 Å².